The molecule has 0 saturated carbocycles. The smallest absolute Gasteiger partial charge is 0.248 e. The van der Waals surface area contributed by atoms with Crippen LogP contribution in [-0.2, 0) is 14.4 Å². The van der Waals surface area contributed by atoms with Gasteiger partial charge in [0.05, 0.1) is 24.9 Å². The summed E-state index contributed by atoms with van der Waals surface area (Å²) in [5.74, 6) is 0.0798. The van der Waals surface area contributed by atoms with Crippen LogP contribution in [0.2, 0.25) is 5.02 Å². The average Bonchev–Trinajstić information content (AvgIpc) is 3.34. The number of halogens is 1. The van der Waals surface area contributed by atoms with E-state index in [1.807, 2.05) is 20.8 Å². The minimum Gasteiger partial charge on any atom is -0.493 e. The third kappa shape index (κ3) is 7.32. The molecule has 10 nitrogen and oxygen atoms in total. The molecule has 0 bridgehead atoms. The van der Waals surface area contributed by atoms with Gasteiger partial charge < -0.3 is 24.6 Å². The van der Waals surface area contributed by atoms with Gasteiger partial charge in [0.2, 0.25) is 17.7 Å². The summed E-state index contributed by atoms with van der Waals surface area (Å²) in [4.78, 5) is 42.0. The topological polar surface area (TPSA) is 123 Å². The number of nitrogens with zero attached hydrogens (tertiary/aromatic N) is 2. The number of carbonyl (C=O) groups excluding carboxylic acids is 3. The normalized spacial score (nSPS) is 11.9. The molecule has 1 aromatic heterocycles. The highest BCUT2D eigenvalue weighted by Crippen LogP contribution is 2.41. The van der Waals surface area contributed by atoms with Crippen LogP contribution in [0.15, 0.2) is 53.1 Å². The number of anilines is 2. The summed E-state index contributed by atoms with van der Waals surface area (Å²) in [5.41, 5.74) is 0.120. The predicted molar refractivity (Wildman–Crippen MR) is 153 cm³/mol. The summed E-state index contributed by atoms with van der Waals surface area (Å²) < 4.78 is 16.1. The zero-order valence-electron chi connectivity index (χ0n) is 23.5. The van der Waals surface area contributed by atoms with Crippen molar-refractivity contribution in [3.63, 3.8) is 0 Å². The summed E-state index contributed by atoms with van der Waals surface area (Å²) in [6, 6.07) is 12.2. The molecule has 0 fully saturated rings. The highest BCUT2D eigenvalue weighted by atomic mass is 35.5. The maximum atomic E-state index is 14.1. The first-order valence-corrected chi connectivity index (χ1v) is 13.2. The van der Waals surface area contributed by atoms with Crippen molar-refractivity contribution in [2.75, 3.05) is 24.4 Å². The molecule has 40 heavy (non-hydrogen) atoms. The summed E-state index contributed by atoms with van der Waals surface area (Å²) in [6.07, 6.45) is 0.249. The zero-order valence-corrected chi connectivity index (χ0v) is 24.3. The quantitative estimate of drug-likeness (QED) is 0.297. The summed E-state index contributed by atoms with van der Waals surface area (Å²) >= 11 is 6.58. The molecule has 3 amide bonds. The second-order valence-electron chi connectivity index (χ2n) is 9.80. The fraction of sp³-hybridized carbons (Fsp3) is 0.379. The van der Waals surface area contributed by atoms with Crippen molar-refractivity contribution in [1.82, 2.24) is 10.5 Å². The number of hydrogen-bond acceptors (Lipinski definition) is 7. The SMILES string of the molecule is CCC(C)(C)NC(=O)C(c1cccc(OC)c1OC)N(C(=O)CCC(=O)Nc1cc(C)on1)c1ccccc1Cl. The maximum absolute atomic E-state index is 14.1. The van der Waals surface area contributed by atoms with Gasteiger partial charge in [0.1, 0.15) is 11.8 Å². The Morgan fingerprint density at radius 3 is 2.40 bits per heavy atom. The average molecular weight is 571 g/mol. The molecule has 0 aliphatic rings. The minimum absolute atomic E-state index is 0.171. The molecule has 0 aliphatic heterocycles. The third-order valence-electron chi connectivity index (χ3n) is 6.42. The Morgan fingerprint density at radius 2 is 1.80 bits per heavy atom. The van der Waals surface area contributed by atoms with E-state index in [-0.39, 0.29) is 23.7 Å². The molecule has 214 valence electrons. The molecule has 1 unspecified atom stereocenters. The van der Waals surface area contributed by atoms with E-state index in [0.29, 0.717) is 34.9 Å². The van der Waals surface area contributed by atoms with Crippen molar-refractivity contribution in [2.24, 2.45) is 0 Å². The van der Waals surface area contributed by atoms with Crippen molar-refractivity contribution in [1.29, 1.82) is 0 Å². The number of nitrogens with one attached hydrogen (secondary N) is 2. The molecule has 0 radical (unpaired) electrons. The monoisotopic (exact) mass is 570 g/mol. The van der Waals surface area contributed by atoms with E-state index >= 15 is 0 Å². The van der Waals surface area contributed by atoms with Crippen LogP contribution in [0.4, 0.5) is 11.5 Å². The number of aromatic nitrogens is 1. The number of carbonyl (C=O) groups is 3. The molecule has 3 rings (SSSR count). The van der Waals surface area contributed by atoms with Gasteiger partial charge in [0, 0.05) is 30.0 Å². The van der Waals surface area contributed by atoms with Gasteiger partial charge in [-0.1, -0.05) is 47.9 Å². The van der Waals surface area contributed by atoms with Gasteiger partial charge in [-0.05, 0) is 45.4 Å². The van der Waals surface area contributed by atoms with Crippen LogP contribution in [0.5, 0.6) is 11.5 Å². The van der Waals surface area contributed by atoms with Crippen molar-refractivity contribution in [3.05, 3.63) is 64.9 Å². The number of aryl methyl sites for hydroxylation is 1. The Labute approximate surface area is 238 Å². The molecule has 11 heteroatoms. The number of rotatable bonds is 12. The Bertz CT molecular complexity index is 1360. The predicted octanol–water partition coefficient (Wildman–Crippen LogP) is 5.45. The highest BCUT2D eigenvalue weighted by molar-refractivity contribution is 6.34. The van der Waals surface area contributed by atoms with Crippen LogP contribution in [0, 0.1) is 6.92 Å². The van der Waals surface area contributed by atoms with Crippen LogP contribution >= 0.6 is 11.6 Å². The van der Waals surface area contributed by atoms with Gasteiger partial charge in [-0.3, -0.25) is 19.3 Å². The number of benzene rings is 2. The lowest BCUT2D eigenvalue weighted by molar-refractivity contribution is -0.128. The highest BCUT2D eigenvalue weighted by Gasteiger charge is 2.38. The number of para-hydroxylation sites is 2. The van der Waals surface area contributed by atoms with Crippen LogP contribution in [0.3, 0.4) is 0 Å². The molecule has 2 N–H and O–H groups in total. The van der Waals surface area contributed by atoms with Crippen molar-refractivity contribution < 1.29 is 28.4 Å². The lowest BCUT2D eigenvalue weighted by Gasteiger charge is -2.35. The van der Waals surface area contributed by atoms with E-state index in [1.54, 1.807) is 55.5 Å². The molecule has 0 saturated heterocycles. The lowest BCUT2D eigenvalue weighted by Crippen LogP contribution is -2.50. The number of hydrogen-bond donors (Lipinski definition) is 2. The summed E-state index contributed by atoms with van der Waals surface area (Å²) in [7, 11) is 2.95. The van der Waals surface area contributed by atoms with Gasteiger partial charge in [-0.2, -0.15) is 0 Å². The third-order valence-corrected chi connectivity index (χ3v) is 6.74. The number of methoxy groups -OCH3 is 2. The molecule has 1 heterocycles. The van der Waals surface area contributed by atoms with E-state index in [9.17, 15) is 14.4 Å². The molecule has 0 aliphatic carbocycles. The van der Waals surface area contributed by atoms with Crippen LogP contribution < -0.4 is 25.0 Å². The van der Waals surface area contributed by atoms with E-state index in [1.165, 1.54) is 19.1 Å². The first kappa shape index (κ1) is 30.5. The minimum atomic E-state index is -1.20. The lowest BCUT2D eigenvalue weighted by atomic mass is 9.97. The van der Waals surface area contributed by atoms with E-state index in [4.69, 9.17) is 25.6 Å². The van der Waals surface area contributed by atoms with Crippen molar-refractivity contribution >= 4 is 40.8 Å². The molecule has 1 atom stereocenters. The molecular weight excluding hydrogens is 536 g/mol. The number of amides is 3. The fourth-order valence-electron chi connectivity index (χ4n) is 4.05. The Balaban J connectivity index is 2.08. The van der Waals surface area contributed by atoms with Crippen molar-refractivity contribution in [2.45, 2.75) is 58.5 Å². The van der Waals surface area contributed by atoms with Crippen LogP contribution in [0.25, 0.3) is 0 Å². The second-order valence-corrected chi connectivity index (χ2v) is 10.2. The molecular formula is C29H35ClN4O6. The van der Waals surface area contributed by atoms with Crippen LogP contribution in [-0.4, -0.2) is 42.6 Å². The summed E-state index contributed by atoms with van der Waals surface area (Å²) in [6.45, 7) is 7.43. The second kappa shape index (κ2) is 13.3. The fourth-order valence-corrected chi connectivity index (χ4v) is 4.28. The molecule has 0 spiro atoms. The van der Waals surface area contributed by atoms with E-state index < -0.39 is 29.3 Å². The van der Waals surface area contributed by atoms with Crippen molar-refractivity contribution in [3.8, 4) is 11.5 Å². The van der Waals surface area contributed by atoms with Gasteiger partial charge in [-0.25, -0.2) is 0 Å². The number of ether oxygens (including phenoxy) is 2. The standard InChI is InChI=1S/C29H35ClN4O6/c1-7-29(3,4)32-28(37)26(19-11-10-14-22(38-5)27(19)39-6)34(21-13-9-8-12-20(21)30)25(36)16-15-24(35)31-23-17-18(2)40-33-23/h8-14,17,26H,7,15-16H2,1-6H3,(H,32,37)(H,31,33,35). The first-order chi connectivity index (χ1) is 19.0. The molecule has 3 aromatic rings. The largest absolute Gasteiger partial charge is 0.493 e. The Morgan fingerprint density at radius 1 is 1.07 bits per heavy atom. The Hall–Kier alpha value is -4.05. The van der Waals surface area contributed by atoms with E-state index in [2.05, 4.69) is 15.8 Å². The summed E-state index contributed by atoms with van der Waals surface area (Å²) in [5, 5.41) is 9.66. The van der Waals surface area contributed by atoms with E-state index in [0.717, 1.165) is 0 Å². The zero-order chi connectivity index (χ0) is 29.4. The van der Waals surface area contributed by atoms with Gasteiger partial charge >= 0.3 is 0 Å². The van der Waals surface area contributed by atoms with Gasteiger partial charge in [0.25, 0.3) is 0 Å². The Kier molecular flexibility index (Phi) is 10.2. The van der Waals surface area contributed by atoms with Gasteiger partial charge in [-0.15, -0.1) is 0 Å². The maximum Gasteiger partial charge on any atom is 0.248 e. The molecule has 2 aromatic carbocycles. The van der Waals surface area contributed by atoms with Crippen LogP contribution in [0.1, 0.15) is 57.4 Å². The van der Waals surface area contributed by atoms with Gasteiger partial charge in [0.15, 0.2) is 17.3 Å². The first-order valence-electron chi connectivity index (χ1n) is 12.8.